The second-order valence-corrected chi connectivity index (χ2v) is 7.03. The van der Waals surface area contributed by atoms with Crippen LogP contribution in [0.3, 0.4) is 0 Å². The lowest BCUT2D eigenvalue weighted by Gasteiger charge is -2.29. The van der Waals surface area contributed by atoms with Crippen molar-refractivity contribution in [3.63, 3.8) is 0 Å². The summed E-state index contributed by atoms with van der Waals surface area (Å²) in [4.78, 5) is 17.3. The number of rotatable bonds is 6. The third-order valence-corrected chi connectivity index (χ3v) is 5.19. The van der Waals surface area contributed by atoms with Crippen molar-refractivity contribution in [3.05, 3.63) is 21.9 Å². The van der Waals surface area contributed by atoms with Crippen molar-refractivity contribution in [1.29, 1.82) is 0 Å². The number of aryl methyl sites for hydroxylation is 1. The van der Waals surface area contributed by atoms with E-state index in [-0.39, 0.29) is 24.2 Å². The van der Waals surface area contributed by atoms with Crippen molar-refractivity contribution >= 4 is 17.2 Å². The molecule has 0 radical (unpaired) electrons. The molecule has 0 aliphatic carbocycles. The average Bonchev–Trinajstić information content (AvgIpc) is 3.00. The summed E-state index contributed by atoms with van der Waals surface area (Å²) in [5.74, 6) is 0.281. The molecule has 3 nitrogen and oxygen atoms in total. The van der Waals surface area contributed by atoms with E-state index in [4.69, 9.17) is 0 Å². The van der Waals surface area contributed by atoms with E-state index >= 15 is 0 Å². The third-order valence-electron chi connectivity index (χ3n) is 4.13. The Morgan fingerprint density at radius 2 is 2.15 bits per heavy atom. The van der Waals surface area contributed by atoms with Gasteiger partial charge < -0.3 is 4.90 Å². The van der Waals surface area contributed by atoms with Crippen LogP contribution >= 0.6 is 11.3 Å². The minimum Gasteiger partial charge on any atom is -0.318 e. The molecule has 0 bridgehead atoms. The van der Waals surface area contributed by atoms with Crippen LogP contribution in [0, 0.1) is 6.92 Å². The zero-order valence-corrected chi connectivity index (χ0v) is 13.8. The van der Waals surface area contributed by atoms with Crippen molar-refractivity contribution in [1.82, 2.24) is 10.2 Å². The normalized spacial score (nSPS) is 24.4. The fourth-order valence-corrected chi connectivity index (χ4v) is 3.69. The first kappa shape index (κ1) is 15.5. The lowest BCUT2D eigenvalue weighted by Crippen LogP contribution is -2.37. The number of carbonyl (C=O) groups excluding carboxylic acids is 1. The number of thiophene rings is 1. The predicted molar refractivity (Wildman–Crippen MR) is 84.8 cm³/mol. The Labute approximate surface area is 126 Å². The molecule has 2 heterocycles. The van der Waals surface area contributed by atoms with Crippen LogP contribution in [0.4, 0.5) is 0 Å². The molecule has 0 saturated carbocycles. The summed E-state index contributed by atoms with van der Waals surface area (Å²) >= 11 is 1.79. The van der Waals surface area contributed by atoms with Crippen molar-refractivity contribution in [3.8, 4) is 0 Å². The molecular weight excluding hydrogens is 268 g/mol. The van der Waals surface area contributed by atoms with Gasteiger partial charge >= 0.3 is 0 Å². The van der Waals surface area contributed by atoms with Gasteiger partial charge in [-0.3, -0.25) is 10.1 Å². The van der Waals surface area contributed by atoms with E-state index in [1.54, 1.807) is 11.3 Å². The summed E-state index contributed by atoms with van der Waals surface area (Å²) in [5.41, 5.74) is 0. The van der Waals surface area contributed by atoms with Gasteiger partial charge in [0.2, 0.25) is 5.91 Å². The Morgan fingerprint density at radius 3 is 2.70 bits per heavy atom. The van der Waals surface area contributed by atoms with Crippen LogP contribution < -0.4 is 5.32 Å². The first-order chi connectivity index (χ1) is 9.58. The Hall–Kier alpha value is -0.870. The fraction of sp³-hybridized carbons (Fsp3) is 0.688. The summed E-state index contributed by atoms with van der Waals surface area (Å²) in [6.45, 7) is 8.59. The molecule has 112 valence electrons. The maximum atomic E-state index is 12.7. The third kappa shape index (κ3) is 3.07. The van der Waals surface area contributed by atoms with Crippen LogP contribution in [0.25, 0.3) is 0 Å². The Kier molecular flexibility index (Phi) is 5.22. The molecule has 1 N–H and O–H groups in total. The number of hydrogen-bond acceptors (Lipinski definition) is 3. The van der Waals surface area contributed by atoms with Crippen LogP contribution in [-0.4, -0.2) is 22.9 Å². The van der Waals surface area contributed by atoms with Crippen LogP contribution in [0.15, 0.2) is 12.1 Å². The van der Waals surface area contributed by atoms with E-state index in [2.05, 4.69) is 50.0 Å². The van der Waals surface area contributed by atoms with Gasteiger partial charge in [-0.15, -0.1) is 11.3 Å². The molecule has 1 aliphatic heterocycles. The van der Waals surface area contributed by atoms with Gasteiger partial charge in [0.1, 0.15) is 6.17 Å². The van der Waals surface area contributed by atoms with E-state index in [1.807, 2.05) is 0 Å². The zero-order valence-electron chi connectivity index (χ0n) is 13.0. The summed E-state index contributed by atoms with van der Waals surface area (Å²) in [5, 5.41) is 3.56. The molecule has 3 atom stereocenters. The largest absolute Gasteiger partial charge is 0.318 e. The maximum Gasteiger partial charge on any atom is 0.241 e. The highest BCUT2D eigenvalue weighted by molar-refractivity contribution is 7.12. The van der Waals surface area contributed by atoms with E-state index < -0.39 is 0 Å². The molecule has 1 aromatic heterocycles. The fourth-order valence-electron chi connectivity index (χ4n) is 2.75. The van der Waals surface area contributed by atoms with Crippen molar-refractivity contribution in [2.75, 3.05) is 0 Å². The van der Waals surface area contributed by atoms with Crippen LogP contribution in [0.2, 0.25) is 0 Å². The molecule has 1 fully saturated rings. The molecule has 1 aliphatic rings. The average molecular weight is 294 g/mol. The van der Waals surface area contributed by atoms with Crippen LogP contribution in [0.1, 0.15) is 62.4 Å². The molecule has 1 aromatic rings. The van der Waals surface area contributed by atoms with Gasteiger partial charge in [-0.25, -0.2) is 0 Å². The number of hydrogen-bond donors (Lipinski definition) is 1. The zero-order chi connectivity index (χ0) is 14.7. The van der Waals surface area contributed by atoms with Gasteiger partial charge in [0.05, 0.1) is 6.04 Å². The molecule has 3 unspecified atom stereocenters. The highest BCUT2D eigenvalue weighted by atomic mass is 32.1. The second-order valence-electron chi connectivity index (χ2n) is 5.72. The van der Waals surface area contributed by atoms with E-state index in [9.17, 15) is 4.79 Å². The van der Waals surface area contributed by atoms with Crippen molar-refractivity contribution in [2.24, 2.45) is 0 Å². The number of nitrogens with one attached hydrogen (secondary N) is 1. The molecule has 1 saturated heterocycles. The topological polar surface area (TPSA) is 32.3 Å². The lowest BCUT2D eigenvalue weighted by molar-refractivity contribution is -0.132. The predicted octanol–water partition coefficient (Wildman–Crippen LogP) is 3.84. The number of carbonyl (C=O) groups is 1. The number of nitrogens with zero attached hydrogens (tertiary/aromatic N) is 1. The molecule has 0 spiro atoms. The quantitative estimate of drug-likeness (QED) is 0.864. The monoisotopic (exact) mass is 294 g/mol. The molecular formula is C16H26N2OS. The second kappa shape index (κ2) is 6.72. The standard InChI is InChI=1S/C16H26N2OS/c1-5-7-8-13-16(19)18(11(3)6-2)15(17-13)14-10-9-12(4)20-14/h9-11,13,15,17H,5-8H2,1-4H3. The maximum absolute atomic E-state index is 12.7. The van der Waals surface area contributed by atoms with Gasteiger partial charge in [-0.1, -0.05) is 26.7 Å². The lowest BCUT2D eigenvalue weighted by atomic mass is 10.1. The Morgan fingerprint density at radius 1 is 1.40 bits per heavy atom. The van der Waals surface area contributed by atoms with E-state index in [0.29, 0.717) is 0 Å². The van der Waals surface area contributed by atoms with E-state index in [1.165, 1.54) is 9.75 Å². The Balaban J connectivity index is 2.21. The molecule has 4 heteroatoms. The number of amides is 1. The summed E-state index contributed by atoms with van der Waals surface area (Å²) in [6.07, 6.45) is 4.25. The highest BCUT2D eigenvalue weighted by Crippen LogP contribution is 2.33. The number of unbranched alkanes of at least 4 members (excludes halogenated alkanes) is 1. The van der Waals surface area contributed by atoms with Gasteiger partial charge in [0, 0.05) is 15.8 Å². The summed E-state index contributed by atoms with van der Waals surface area (Å²) in [6, 6.07) is 4.58. The summed E-state index contributed by atoms with van der Waals surface area (Å²) < 4.78 is 0. The first-order valence-electron chi connectivity index (χ1n) is 7.73. The minimum atomic E-state index is -0.00337. The van der Waals surface area contributed by atoms with Gasteiger partial charge in [-0.2, -0.15) is 0 Å². The van der Waals surface area contributed by atoms with E-state index in [0.717, 1.165) is 25.7 Å². The molecule has 1 amide bonds. The van der Waals surface area contributed by atoms with Gasteiger partial charge in [-0.05, 0) is 38.8 Å². The van der Waals surface area contributed by atoms with Gasteiger partial charge in [0.15, 0.2) is 0 Å². The van der Waals surface area contributed by atoms with Gasteiger partial charge in [0.25, 0.3) is 0 Å². The summed E-state index contributed by atoms with van der Waals surface area (Å²) in [7, 11) is 0. The van der Waals surface area contributed by atoms with Crippen molar-refractivity contribution in [2.45, 2.75) is 71.6 Å². The Bertz CT molecular complexity index is 457. The minimum absolute atomic E-state index is 0.00337. The molecule has 0 aromatic carbocycles. The highest BCUT2D eigenvalue weighted by Gasteiger charge is 2.41. The SMILES string of the molecule is CCCCC1NC(c2ccc(C)s2)N(C(C)CC)C1=O. The molecule has 2 rings (SSSR count). The smallest absolute Gasteiger partial charge is 0.241 e. The van der Waals surface area contributed by atoms with Crippen molar-refractivity contribution < 1.29 is 4.79 Å². The van der Waals surface area contributed by atoms with Crippen LogP contribution in [-0.2, 0) is 4.79 Å². The van der Waals surface area contributed by atoms with Crippen LogP contribution in [0.5, 0.6) is 0 Å². The first-order valence-corrected chi connectivity index (χ1v) is 8.54. The molecule has 20 heavy (non-hydrogen) atoms.